The lowest BCUT2D eigenvalue weighted by molar-refractivity contribution is 0.0531. The smallest absolute Gasteiger partial charge is 0.407 e. The molecule has 0 radical (unpaired) electrons. The first-order valence-corrected chi connectivity index (χ1v) is 10.2. The number of halogens is 1. The molecular formula is C24H29FN2O3. The maximum atomic E-state index is 13.2. The van der Waals surface area contributed by atoms with Gasteiger partial charge in [-0.2, -0.15) is 0 Å². The van der Waals surface area contributed by atoms with E-state index in [1.807, 2.05) is 24.3 Å². The number of carbonyl (C=O) groups excluding carboxylic acids is 1. The van der Waals surface area contributed by atoms with Crippen molar-refractivity contribution in [2.75, 3.05) is 18.5 Å². The third-order valence-corrected chi connectivity index (χ3v) is 4.75. The topological polar surface area (TPSA) is 59.6 Å². The highest BCUT2D eigenvalue weighted by Gasteiger charge is 2.20. The molecule has 5 nitrogen and oxygen atoms in total. The Morgan fingerprint density at radius 1 is 1.23 bits per heavy atom. The highest BCUT2D eigenvalue weighted by atomic mass is 19.1. The van der Waals surface area contributed by atoms with Crippen molar-refractivity contribution in [3.8, 4) is 5.75 Å². The maximum absolute atomic E-state index is 13.2. The van der Waals surface area contributed by atoms with Crippen LogP contribution in [0.15, 0.2) is 60.4 Å². The van der Waals surface area contributed by atoms with E-state index in [-0.39, 0.29) is 13.2 Å². The summed E-state index contributed by atoms with van der Waals surface area (Å²) in [7, 11) is 0. The largest absolute Gasteiger partial charge is 0.489 e. The van der Waals surface area contributed by atoms with Crippen molar-refractivity contribution in [2.45, 2.75) is 45.3 Å². The van der Waals surface area contributed by atoms with Gasteiger partial charge in [0.05, 0.1) is 12.4 Å². The first-order valence-electron chi connectivity index (χ1n) is 10.2. The number of ether oxygens (including phenoxy) is 2. The molecule has 1 aliphatic heterocycles. The van der Waals surface area contributed by atoms with Gasteiger partial charge in [0.25, 0.3) is 0 Å². The van der Waals surface area contributed by atoms with E-state index in [0.29, 0.717) is 23.7 Å². The summed E-state index contributed by atoms with van der Waals surface area (Å²) in [5, 5.41) is 6.12. The zero-order valence-corrected chi connectivity index (χ0v) is 17.7. The van der Waals surface area contributed by atoms with Crippen molar-refractivity contribution < 1.29 is 18.7 Å². The monoisotopic (exact) mass is 412 g/mol. The number of anilines is 1. The fourth-order valence-corrected chi connectivity index (χ4v) is 3.30. The molecule has 1 amide bonds. The molecule has 160 valence electrons. The van der Waals surface area contributed by atoms with E-state index < -0.39 is 11.7 Å². The molecule has 2 aromatic carbocycles. The summed E-state index contributed by atoms with van der Waals surface area (Å²) < 4.78 is 24.1. The summed E-state index contributed by atoms with van der Waals surface area (Å²) in [6.45, 7) is 5.39. The number of alkyl carbamates (subject to hydrolysis) is 1. The van der Waals surface area contributed by atoms with Crippen LogP contribution in [-0.2, 0) is 11.2 Å². The molecule has 30 heavy (non-hydrogen) atoms. The summed E-state index contributed by atoms with van der Waals surface area (Å²) in [5.41, 5.74) is 3.27. The van der Waals surface area contributed by atoms with Gasteiger partial charge in [0.15, 0.2) is 0 Å². The summed E-state index contributed by atoms with van der Waals surface area (Å²) >= 11 is 0. The van der Waals surface area contributed by atoms with Crippen molar-refractivity contribution in [3.63, 3.8) is 0 Å². The summed E-state index contributed by atoms with van der Waals surface area (Å²) in [4.78, 5) is 11.7. The number of benzene rings is 2. The molecule has 1 heterocycles. The zero-order valence-electron chi connectivity index (χ0n) is 17.7. The summed E-state index contributed by atoms with van der Waals surface area (Å²) in [6.07, 6.45) is 1.80. The van der Waals surface area contributed by atoms with Crippen molar-refractivity contribution in [1.82, 2.24) is 5.32 Å². The second kappa shape index (κ2) is 9.65. The van der Waals surface area contributed by atoms with Gasteiger partial charge < -0.3 is 20.1 Å². The van der Waals surface area contributed by atoms with E-state index in [1.165, 1.54) is 11.1 Å². The number of rotatable bonds is 6. The van der Waals surface area contributed by atoms with E-state index in [9.17, 15) is 9.18 Å². The Morgan fingerprint density at radius 2 is 2.00 bits per heavy atom. The standard InChI is InChI=1S/C24H29FN2O3/c1-24(2,3)30-23(28)26-15-17(14-25)16-29-20-10-12-22-19(13-20)9-11-21(27-22)18-7-5-4-6-8-18/h4-8,10,12-14,21,27H,9,11,15-16H2,1-3H3,(H,26,28)/b17-14-. The van der Waals surface area contributed by atoms with Gasteiger partial charge in [-0.15, -0.1) is 0 Å². The fourth-order valence-electron chi connectivity index (χ4n) is 3.30. The molecule has 2 aromatic rings. The minimum absolute atomic E-state index is 0.0245. The first kappa shape index (κ1) is 21.7. The maximum Gasteiger partial charge on any atom is 0.407 e. The van der Waals surface area contributed by atoms with E-state index in [1.54, 1.807) is 20.8 Å². The summed E-state index contributed by atoms with van der Waals surface area (Å²) in [5.74, 6) is 0.672. The van der Waals surface area contributed by atoms with Crippen LogP contribution in [0.25, 0.3) is 0 Å². The fraction of sp³-hybridized carbons (Fsp3) is 0.375. The van der Waals surface area contributed by atoms with Crippen LogP contribution < -0.4 is 15.4 Å². The van der Waals surface area contributed by atoms with E-state index in [4.69, 9.17) is 9.47 Å². The number of fused-ring (bicyclic) bond motifs is 1. The molecule has 1 aliphatic rings. The quantitative estimate of drug-likeness (QED) is 0.654. The zero-order chi connectivity index (χ0) is 21.6. The van der Waals surface area contributed by atoms with Crippen molar-refractivity contribution in [3.05, 3.63) is 71.6 Å². The molecule has 0 aromatic heterocycles. The Hall–Kier alpha value is -3.02. The molecule has 0 fully saturated rings. The van der Waals surface area contributed by atoms with Gasteiger partial charge in [0.2, 0.25) is 0 Å². The second-order valence-electron chi connectivity index (χ2n) is 8.38. The number of aryl methyl sites for hydroxylation is 1. The third kappa shape index (κ3) is 6.24. The minimum Gasteiger partial charge on any atom is -0.489 e. The molecule has 3 rings (SSSR count). The van der Waals surface area contributed by atoms with E-state index >= 15 is 0 Å². The Balaban J connectivity index is 1.52. The molecule has 0 saturated carbocycles. The van der Waals surface area contributed by atoms with Crippen LogP contribution in [0.5, 0.6) is 5.75 Å². The predicted molar refractivity (Wildman–Crippen MR) is 116 cm³/mol. The number of hydrogen-bond acceptors (Lipinski definition) is 4. The summed E-state index contributed by atoms with van der Waals surface area (Å²) in [6, 6.07) is 16.5. The van der Waals surface area contributed by atoms with E-state index in [0.717, 1.165) is 18.5 Å². The van der Waals surface area contributed by atoms with Crippen LogP contribution in [0.1, 0.15) is 44.4 Å². The molecule has 1 unspecified atom stereocenters. The molecule has 0 saturated heterocycles. The number of nitrogens with one attached hydrogen (secondary N) is 2. The highest BCUT2D eigenvalue weighted by Crippen LogP contribution is 2.34. The molecule has 1 atom stereocenters. The molecule has 6 heteroatoms. The van der Waals surface area contributed by atoms with Crippen molar-refractivity contribution in [2.24, 2.45) is 0 Å². The van der Waals surface area contributed by atoms with Crippen molar-refractivity contribution in [1.29, 1.82) is 0 Å². The van der Waals surface area contributed by atoms with Crippen LogP contribution in [0.2, 0.25) is 0 Å². The normalized spacial score (nSPS) is 16.3. The van der Waals surface area contributed by atoms with Crippen LogP contribution >= 0.6 is 0 Å². The Morgan fingerprint density at radius 3 is 2.70 bits per heavy atom. The molecule has 0 bridgehead atoms. The predicted octanol–water partition coefficient (Wildman–Crippen LogP) is 5.54. The SMILES string of the molecule is CC(C)(C)OC(=O)NC/C(=C/F)COc1ccc2c(c1)CCC(c1ccccc1)N2. The van der Waals surface area contributed by atoms with Gasteiger partial charge >= 0.3 is 6.09 Å². The van der Waals surface area contributed by atoms with Crippen LogP contribution in [0.3, 0.4) is 0 Å². The lowest BCUT2D eigenvalue weighted by Gasteiger charge is -2.28. The van der Waals surface area contributed by atoms with Gasteiger partial charge in [-0.3, -0.25) is 0 Å². The lowest BCUT2D eigenvalue weighted by atomic mass is 9.93. The molecule has 2 N–H and O–H groups in total. The Kier molecular flexibility index (Phi) is 6.98. The van der Waals surface area contributed by atoms with Crippen LogP contribution in [-0.4, -0.2) is 24.8 Å². The number of hydrogen-bond donors (Lipinski definition) is 2. The molecule has 0 spiro atoms. The third-order valence-electron chi connectivity index (χ3n) is 4.75. The molecular weight excluding hydrogens is 383 g/mol. The van der Waals surface area contributed by atoms with Crippen molar-refractivity contribution >= 4 is 11.8 Å². The van der Waals surface area contributed by atoms with Crippen LogP contribution in [0, 0.1) is 0 Å². The minimum atomic E-state index is -0.600. The average molecular weight is 413 g/mol. The van der Waals surface area contributed by atoms with Gasteiger partial charge in [0.1, 0.15) is 18.0 Å². The van der Waals surface area contributed by atoms with Crippen LogP contribution in [0.4, 0.5) is 14.9 Å². The van der Waals surface area contributed by atoms with Gasteiger partial charge in [-0.1, -0.05) is 30.3 Å². The highest BCUT2D eigenvalue weighted by molar-refractivity contribution is 5.68. The second-order valence-corrected chi connectivity index (χ2v) is 8.38. The Labute approximate surface area is 177 Å². The Bertz CT molecular complexity index is 891. The van der Waals surface area contributed by atoms with Gasteiger partial charge in [0, 0.05) is 17.8 Å². The number of carbonyl (C=O) groups is 1. The van der Waals surface area contributed by atoms with Gasteiger partial charge in [-0.25, -0.2) is 9.18 Å². The lowest BCUT2D eigenvalue weighted by Crippen LogP contribution is -2.34. The first-order chi connectivity index (χ1) is 14.3. The average Bonchev–Trinajstić information content (AvgIpc) is 2.72. The van der Waals surface area contributed by atoms with E-state index in [2.05, 4.69) is 34.9 Å². The molecule has 0 aliphatic carbocycles. The number of amides is 1. The van der Waals surface area contributed by atoms with Gasteiger partial charge in [-0.05, 0) is 62.9 Å².